The summed E-state index contributed by atoms with van der Waals surface area (Å²) in [5, 5.41) is 18.0. The summed E-state index contributed by atoms with van der Waals surface area (Å²) >= 11 is 5.48. The first-order valence-corrected chi connectivity index (χ1v) is 24.2. The van der Waals surface area contributed by atoms with E-state index < -0.39 is 17.9 Å². The first-order valence-electron chi connectivity index (χ1n) is 23.7. The SMILES string of the molecule is CCOC(=O)c1ccc(CCl)o1.CCOC(=O)c1ccc(COc2ccc(-c3ccc(C)cc3)cc2)o1.Cc1ccc(-c2ccc(O)cc2)cc1.Cc1ccc(-c2ccc(OCc3ccc(C(=O)O)o3)cc2)cc1. The highest BCUT2D eigenvalue weighted by Gasteiger charge is 2.14. The molecule has 0 amide bonds. The van der Waals surface area contributed by atoms with E-state index in [2.05, 4.69) is 93.6 Å². The van der Waals surface area contributed by atoms with Gasteiger partial charge in [-0.2, -0.15) is 0 Å². The Kier molecular flexibility index (Phi) is 20.5. The fraction of sp³-hybridized carbons (Fsp3) is 0.164. The van der Waals surface area contributed by atoms with Crippen LogP contribution in [0, 0.1) is 20.8 Å². The lowest BCUT2D eigenvalue weighted by Gasteiger charge is -2.06. The zero-order valence-electron chi connectivity index (χ0n) is 41.7. The number of aromatic carboxylic acids is 1. The van der Waals surface area contributed by atoms with Gasteiger partial charge in [0.05, 0.1) is 19.1 Å². The number of rotatable bonds is 15. The lowest BCUT2D eigenvalue weighted by molar-refractivity contribution is 0.0478. The molecule has 3 heterocycles. The average molecular weight is 1020 g/mol. The summed E-state index contributed by atoms with van der Waals surface area (Å²) in [6.07, 6.45) is 0. The van der Waals surface area contributed by atoms with Crippen LogP contribution >= 0.6 is 11.6 Å². The van der Waals surface area contributed by atoms with E-state index in [0.717, 1.165) is 28.0 Å². The predicted molar refractivity (Wildman–Crippen MR) is 285 cm³/mol. The summed E-state index contributed by atoms with van der Waals surface area (Å²) in [5.74, 6) is 1.94. The second-order valence-electron chi connectivity index (χ2n) is 16.4. The normalized spacial score (nSPS) is 10.3. The first kappa shape index (κ1) is 54.6. The predicted octanol–water partition coefficient (Wildman–Crippen LogP) is 15.1. The Morgan fingerprint density at radius 1 is 0.419 bits per heavy atom. The fourth-order valence-electron chi connectivity index (χ4n) is 6.79. The number of alkyl halides is 1. The highest BCUT2D eigenvalue weighted by Crippen LogP contribution is 2.26. The number of furan rings is 3. The van der Waals surface area contributed by atoms with Gasteiger partial charge >= 0.3 is 17.9 Å². The largest absolute Gasteiger partial charge is 0.508 e. The van der Waals surface area contributed by atoms with Crippen LogP contribution in [-0.2, 0) is 28.6 Å². The smallest absolute Gasteiger partial charge is 0.374 e. The molecule has 0 bridgehead atoms. The summed E-state index contributed by atoms with van der Waals surface area (Å²) in [5.41, 5.74) is 10.6. The number of phenolic OH excluding ortho intramolecular Hbond substituents is 1. The number of carbonyl (C=O) groups is 3. The van der Waals surface area contributed by atoms with Gasteiger partial charge in [0.25, 0.3) is 0 Å². The Balaban J connectivity index is 0.000000168. The number of esters is 2. The zero-order valence-corrected chi connectivity index (χ0v) is 42.5. The van der Waals surface area contributed by atoms with Crippen molar-refractivity contribution >= 4 is 29.5 Å². The molecule has 380 valence electrons. The lowest BCUT2D eigenvalue weighted by atomic mass is 10.0. The molecule has 2 N–H and O–H groups in total. The van der Waals surface area contributed by atoms with Crippen LogP contribution in [0.1, 0.15) is 79.5 Å². The molecule has 9 rings (SSSR count). The quantitative estimate of drug-likeness (QED) is 0.0738. The third-order valence-corrected chi connectivity index (χ3v) is 11.0. The van der Waals surface area contributed by atoms with Crippen LogP contribution in [0.25, 0.3) is 33.4 Å². The number of benzene rings is 6. The maximum absolute atomic E-state index is 11.6. The van der Waals surface area contributed by atoms with E-state index in [1.54, 1.807) is 56.3 Å². The molecule has 0 spiro atoms. The Morgan fingerprint density at radius 2 is 0.716 bits per heavy atom. The van der Waals surface area contributed by atoms with Crippen LogP contribution in [0.2, 0.25) is 0 Å². The third-order valence-electron chi connectivity index (χ3n) is 10.8. The van der Waals surface area contributed by atoms with Gasteiger partial charge in [-0.05, 0) is 141 Å². The molecule has 0 radical (unpaired) electrons. The number of hydrogen-bond acceptors (Lipinski definition) is 11. The van der Waals surface area contributed by atoms with Crippen LogP contribution in [-0.4, -0.2) is 41.3 Å². The molecule has 9 aromatic rings. The fourth-order valence-corrected chi connectivity index (χ4v) is 6.93. The molecular weight excluding hydrogens is 960 g/mol. The molecule has 0 fully saturated rings. The number of carboxylic acids is 1. The number of aryl methyl sites for hydroxylation is 3. The summed E-state index contributed by atoms with van der Waals surface area (Å²) in [7, 11) is 0. The van der Waals surface area contributed by atoms with E-state index in [9.17, 15) is 14.4 Å². The number of halogens is 1. The first-order chi connectivity index (χ1) is 35.8. The van der Waals surface area contributed by atoms with Gasteiger partial charge in [-0.3, -0.25) is 0 Å². The van der Waals surface area contributed by atoms with Crippen molar-refractivity contribution in [2.75, 3.05) is 13.2 Å². The summed E-state index contributed by atoms with van der Waals surface area (Å²) in [6.45, 7) is 10.8. The highest BCUT2D eigenvalue weighted by atomic mass is 35.5. The summed E-state index contributed by atoms with van der Waals surface area (Å²) < 4.78 is 36.5. The van der Waals surface area contributed by atoms with Gasteiger partial charge in [0.15, 0.2) is 0 Å². The van der Waals surface area contributed by atoms with Crippen molar-refractivity contribution in [2.45, 2.75) is 53.7 Å². The second kappa shape index (κ2) is 27.8. The van der Waals surface area contributed by atoms with E-state index in [1.807, 2.05) is 60.7 Å². The van der Waals surface area contributed by atoms with Crippen LogP contribution in [0.3, 0.4) is 0 Å². The summed E-state index contributed by atoms with van der Waals surface area (Å²) in [4.78, 5) is 33.3. The van der Waals surface area contributed by atoms with Crippen LogP contribution in [0.4, 0.5) is 0 Å². The van der Waals surface area contributed by atoms with Crippen LogP contribution < -0.4 is 9.47 Å². The molecule has 0 unspecified atom stereocenters. The maximum Gasteiger partial charge on any atom is 0.374 e. The standard InChI is InChI=1S/C21H20O4.C19H16O4.C13H12O.C8H9ClO3/c1-3-23-21(22)20-13-12-19(25-20)14-24-18-10-8-17(9-11-18)16-6-4-15(2)5-7-16;1-13-2-4-14(5-3-13)15-6-8-16(9-7-15)22-12-17-10-11-18(23-17)19(20)21;1-10-2-4-11(5-3-10)12-6-8-13(14)9-7-12;1-2-11-8(10)7-4-3-6(5-9)12-7/h4-13H,3,14H2,1-2H3;2-11H,12H2,1H3,(H,20,21);2-9,14H,1H3;3-4H,2,5H2,1H3. The number of ether oxygens (including phenoxy) is 4. The molecular formula is C61H57ClO12. The molecule has 0 saturated heterocycles. The number of phenols is 1. The minimum absolute atomic E-state index is 0.0849. The van der Waals surface area contributed by atoms with Crippen LogP contribution in [0.15, 0.2) is 195 Å². The van der Waals surface area contributed by atoms with Crippen molar-refractivity contribution in [2.24, 2.45) is 0 Å². The topological polar surface area (TPSA) is 168 Å². The Bertz CT molecular complexity index is 3090. The lowest BCUT2D eigenvalue weighted by Crippen LogP contribution is -2.02. The average Bonchev–Trinajstić information content (AvgIpc) is 4.23. The Hall–Kier alpha value is -8.74. The van der Waals surface area contributed by atoms with Crippen molar-refractivity contribution in [3.63, 3.8) is 0 Å². The highest BCUT2D eigenvalue weighted by molar-refractivity contribution is 6.16. The number of carbonyl (C=O) groups excluding carboxylic acids is 2. The Morgan fingerprint density at radius 3 is 1.03 bits per heavy atom. The number of hydrogen-bond donors (Lipinski definition) is 2. The van der Waals surface area contributed by atoms with Crippen molar-refractivity contribution in [3.8, 4) is 50.6 Å². The molecule has 13 heteroatoms. The molecule has 0 aliphatic carbocycles. The van der Waals surface area contributed by atoms with E-state index in [0.29, 0.717) is 42.0 Å². The molecule has 0 aliphatic rings. The van der Waals surface area contributed by atoms with E-state index in [4.69, 9.17) is 54.0 Å². The molecule has 6 aromatic carbocycles. The van der Waals surface area contributed by atoms with Gasteiger partial charge in [0.1, 0.15) is 47.7 Å². The van der Waals surface area contributed by atoms with Gasteiger partial charge in [-0.15, -0.1) is 11.6 Å². The molecule has 0 atom stereocenters. The van der Waals surface area contributed by atoms with Gasteiger partial charge in [0.2, 0.25) is 17.3 Å². The molecule has 74 heavy (non-hydrogen) atoms. The Labute approximate surface area is 435 Å². The van der Waals surface area contributed by atoms with Crippen molar-refractivity contribution in [3.05, 3.63) is 233 Å². The van der Waals surface area contributed by atoms with Gasteiger partial charge in [0, 0.05) is 0 Å². The molecule has 0 saturated carbocycles. The molecule has 3 aromatic heterocycles. The third kappa shape index (κ3) is 17.0. The zero-order chi connectivity index (χ0) is 52.8. The van der Waals surface area contributed by atoms with E-state index in [1.165, 1.54) is 33.9 Å². The number of aromatic hydroxyl groups is 1. The monoisotopic (exact) mass is 1020 g/mol. The van der Waals surface area contributed by atoms with Crippen molar-refractivity contribution in [1.82, 2.24) is 0 Å². The van der Waals surface area contributed by atoms with E-state index in [-0.39, 0.29) is 36.4 Å². The second-order valence-corrected chi connectivity index (χ2v) is 16.7. The van der Waals surface area contributed by atoms with Crippen LogP contribution in [0.5, 0.6) is 17.2 Å². The van der Waals surface area contributed by atoms with Gasteiger partial charge in [-0.25, -0.2) is 14.4 Å². The van der Waals surface area contributed by atoms with Gasteiger partial charge < -0.3 is 42.4 Å². The minimum atomic E-state index is -1.08. The van der Waals surface area contributed by atoms with Gasteiger partial charge in [-0.1, -0.05) is 126 Å². The maximum atomic E-state index is 11.6. The van der Waals surface area contributed by atoms with Crippen molar-refractivity contribution in [1.29, 1.82) is 0 Å². The number of carboxylic acid groups (broad SMARTS) is 1. The summed E-state index contributed by atoms with van der Waals surface area (Å²) in [6, 6.07) is 57.5. The molecule has 12 nitrogen and oxygen atoms in total. The molecule has 0 aliphatic heterocycles. The van der Waals surface area contributed by atoms with Crippen molar-refractivity contribution < 1.29 is 56.8 Å². The van der Waals surface area contributed by atoms with E-state index >= 15 is 0 Å². The minimum Gasteiger partial charge on any atom is -0.508 e.